The van der Waals surface area contributed by atoms with E-state index in [1.54, 1.807) is 11.8 Å². The molecular formula is C10H18O3S. The van der Waals surface area contributed by atoms with Gasteiger partial charge in [-0.3, -0.25) is 4.79 Å². The molecule has 1 fully saturated rings. The summed E-state index contributed by atoms with van der Waals surface area (Å²) in [7, 11) is 0. The minimum atomic E-state index is -0.404. The molecule has 0 aromatic carbocycles. The van der Waals surface area contributed by atoms with Crippen molar-refractivity contribution in [3.05, 3.63) is 0 Å². The molecule has 0 aromatic heterocycles. The number of rotatable bonds is 2. The summed E-state index contributed by atoms with van der Waals surface area (Å²) >= 11 is 1.65. The lowest BCUT2D eigenvalue weighted by Gasteiger charge is -2.21. The molecule has 1 N–H and O–H groups in total. The molecule has 2 atom stereocenters. The zero-order valence-corrected chi connectivity index (χ0v) is 9.76. The Morgan fingerprint density at radius 2 is 2.21 bits per heavy atom. The van der Waals surface area contributed by atoms with Crippen molar-refractivity contribution < 1.29 is 14.6 Å². The Labute approximate surface area is 89.2 Å². The molecule has 0 aromatic rings. The van der Waals surface area contributed by atoms with E-state index < -0.39 is 5.60 Å². The average Bonchev–Trinajstić information content (AvgIpc) is 2.48. The first-order valence-corrected chi connectivity index (χ1v) is 5.92. The smallest absolute Gasteiger partial charge is 0.310 e. The monoisotopic (exact) mass is 218 g/mol. The first kappa shape index (κ1) is 11.9. The van der Waals surface area contributed by atoms with E-state index in [4.69, 9.17) is 9.84 Å². The first-order chi connectivity index (χ1) is 6.42. The summed E-state index contributed by atoms with van der Waals surface area (Å²) in [4.78, 5) is 11.6. The minimum Gasteiger partial charge on any atom is -0.460 e. The van der Waals surface area contributed by atoms with Gasteiger partial charge in [0.2, 0.25) is 0 Å². The van der Waals surface area contributed by atoms with Gasteiger partial charge >= 0.3 is 5.97 Å². The fourth-order valence-corrected chi connectivity index (χ4v) is 2.63. The normalized spacial score (nSPS) is 27.7. The van der Waals surface area contributed by atoms with E-state index in [1.807, 2.05) is 20.8 Å². The Morgan fingerprint density at radius 3 is 2.64 bits per heavy atom. The molecule has 82 valence electrons. The molecule has 2 unspecified atom stereocenters. The molecule has 0 bridgehead atoms. The second-order valence-corrected chi connectivity index (χ2v) is 5.94. The number of ether oxygens (including phenoxy) is 1. The van der Waals surface area contributed by atoms with Gasteiger partial charge in [0.05, 0.1) is 12.5 Å². The van der Waals surface area contributed by atoms with Crippen LogP contribution < -0.4 is 0 Å². The van der Waals surface area contributed by atoms with E-state index >= 15 is 0 Å². The third-order valence-corrected chi connectivity index (χ3v) is 3.43. The number of aliphatic hydroxyl groups is 1. The zero-order chi connectivity index (χ0) is 10.8. The standard InChI is InChI=1S/C10H18O3S/c1-10(2,3)13-9(12)7-4-8(5-11)14-6-7/h7-8,11H,4-6H2,1-3H3. The second-order valence-electron chi connectivity index (χ2n) is 4.60. The predicted molar refractivity (Wildman–Crippen MR) is 57.3 cm³/mol. The van der Waals surface area contributed by atoms with Gasteiger partial charge in [0, 0.05) is 11.0 Å². The van der Waals surface area contributed by atoms with Gasteiger partial charge in [0.25, 0.3) is 0 Å². The van der Waals surface area contributed by atoms with Crippen molar-refractivity contribution in [2.45, 2.75) is 38.0 Å². The van der Waals surface area contributed by atoms with Crippen molar-refractivity contribution in [1.29, 1.82) is 0 Å². The van der Waals surface area contributed by atoms with Crippen molar-refractivity contribution in [3.8, 4) is 0 Å². The molecule has 0 saturated carbocycles. The fraction of sp³-hybridized carbons (Fsp3) is 0.900. The number of carbonyl (C=O) groups excluding carboxylic acids is 1. The highest BCUT2D eigenvalue weighted by molar-refractivity contribution is 8.00. The van der Waals surface area contributed by atoms with Crippen LogP contribution in [0.25, 0.3) is 0 Å². The molecular weight excluding hydrogens is 200 g/mol. The largest absolute Gasteiger partial charge is 0.460 e. The van der Waals surface area contributed by atoms with Crippen LogP contribution in [0.15, 0.2) is 0 Å². The number of aliphatic hydroxyl groups excluding tert-OH is 1. The first-order valence-electron chi connectivity index (χ1n) is 4.87. The van der Waals surface area contributed by atoms with Crippen LogP contribution in [-0.2, 0) is 9.53 Å². The Kier molecular flexibility index (Phi) is 3.84. The van der Waals surface area contributed by atoms with Crippen molar-refractivity contribution >= 4 is 17.7 Å². The zero-order valence-electron chi connectivity index (χ0n) is 8.95. The quantitative estimate of drug-likeness (QED) is 0.712. The number of carbonyl (C=O) groups is 1. The van der Waals surface area contributed by atoms with E-state index in [0.717, 1.165) is 12.2 Å². The predicted octanol–water partition coefficient (Wildman–Crippen LogP) is 1.44. The summed E-state index contributed by atoms with van der Waals surface area (Å²) in [6, 6.07) is 0. The van der Waals surface area contributed by atoms with Gasteiger partial charge in [-0.15, -0.1) is 0 Å². The van der Waals surface area contributed by atoms with Crippen LogP contribution in [0.2, 0.25) is 0 Å². The van der Waals surface area contributed by atoms with Gasteiger partial charge < -0.3 is 9.84 Å². The van der Waals surface area contributed by atoms with Crippen molar-refractivity contribution in [2.75, 3.05) is 12.4 Å². The molecule has 1 aliphatic heterocycles. The summed E-state index contributed by atoms with van der Waals surface area (Å²) in [5.74, 6) is 0.623. The van der Waals surface area contributed by atoms with E-state index in [1.165, 1.54) is 0 Å². The van der Waals surface area contributed by atoms with Gasteiger partial charge in [0.1, 0.15) is 5.60 Å². The van der Waals surface area contributed by atoms with Crippen LogP contribution in [0.1, 0.15) is 27.2 Å². The number of hydrogen-bond donors (Lipinski definition) is 1. The molecule has 3 nitrogen and oxygen atoms in total. The highest BCUT2D eigenvalue weighted by atomic mass is 32.2. The molecule has 14 heavy (non-hydrogen) atoms. The maximum atomic E-state index is 11.6. The summed E-state index contributed by atoms with van der Waals surface area (Å²) in [5, 5.41) is 9.14. The van der Waals surface area contributed by atoms with Gasteiger partial charge in [-0.2, -0.15) is 11.8 Å². The average molecular weight is 218 g/mol. The van der Waals surface area contributed by atoms with Gasteiger partial charge in [-0.1, -0.05) is 0 Å². The number of thioether (sulfide) groups is 1. The molecule has 1 aliphatic rings. The molecule has 1 saturated heterocycles. The third-order valence-electron chi connectivity index (χ3n) is 2.02. The lowest BCUT2D eigenvalue weighted by molar-refractivity contribution is -0.159. The van der Waals surface area contributed by atoms with E-state index in [-0.39, 0.29) is 23.7 Å². The van der Waals surface area contributed by atoms with Crippen LogP contribution in [-0.4, -0.2) is 34.3 Å². The topological polar surface area (TPSA) is 46.5 Å². The van der Waals surface area contributed by atoms with Crippen LogP contribution >= 0.6 is 11.8 Å². The molecule has 0 aliphatic carbocycles. The molecule has 4 heteroatoms. The Morgan fingerprint density at radius 1 is 1.57 bits per heavy atom. The summed E-state index contributed by atoms with van der Waals surface area (Å²) in [6.07, 6.45) is 0.746. The lowest BCUT2D eigenvalue weighted by atomic mass is 10.1. The number of esters is 1. The minimum absolute atomic E-state index is 0.0311. The lowest BCUT2D eigenvalue weighted by Crippen LogP contribution is -2.29. The fourth-order valence-electron chi connectivity index (χ4n) is 1.38. The maximum Gasteiger partial charge on any atom is 0.310 e. The maximum absolute atomic E-state index is 11.6. The molecule has 1 rings (SSSR count). The Balaban J connectivity index is 2.40. The van der Waals surface area contributed by atoms with Gasteiger partial charge in [0.15, 0.2) is 0 Å². The van der Waals surface area contributed by atoms with Crippen molar-refractivity contribution in [2.24, 2.45) is 5.92 Å². The van der Waals surface area contributed by atoms with Gasteiger partial charge in [-0.25, -0.2) is 0 Å². The third kappa shape index (κ3) is 3.50. The summed E-state index contributed by atoms with van der Waals surface area (Å²) in [6.45, 7) is 5.77. The van der Waals surface area contributed by atoms with Crippen molar-refractivity contribution in [1.82, 2.24) is 0 Å². The molecule has 0 spiro atoms. The van der Waals surface area contributed by atoms with Crippen LogP contribution in [0.3, 0.4) is 0 Å². The summed E-state index contributed by atoms with van der Waals surface area (Å²) < 4.78 is 5.28. The van der Waals surface area contributed by atoms with E-state index in [9.17, 15) is 4.79 Å². The van der Waals surface area contributed by atoms with Crippen molar-refractivity contribution in [3.63, 3.8) is 0 Å². The van der Waals surface area contributed by atoms with Gasteiger partial charge in [-0.05, 0) is 27.2 Å². The second kappa shape index (κ2) is 4.53. The van der Waals surface area contributed by atoms with Crippen LogP contribution in [0.4, 0.5) is 0 Å². The van der Waals surface area contributed by atoms with Crippen LogP contribution in [0, 0.1) is 5.92 Å². The molecule has 1 heterocycles. The van der Waals surface area contributed by atoms with Crippen LogP contribution in [0.5, 0.6) is 0 Å². The van der Waals surface area contributed by atoms with E-state index in [2.05, 4.69) is 0 Å². The molecule has 0 radical (unpaired) electrons. The Hall–Kier alpha value is -0.220. The highest BCUT2D eigenvalue weighted by Crippen LogP contribution is 2.32. The highest BCUT2D eigenvalue weighted by Gasteiger charge is 2.33. The summed E-state index contributed by atoms with van der Waals surface area (Å²) in [5.41, 5.74) is -0.404. The molecule has 0 amide bonds. The number of hydrogen-bond acceptors (Lipinski definition) is 4. The van der Waals surface area contributed by atoms with E-state index in [0.29, 0.717) is 0 Å². The SMILES string of the molecule is CC(C)(C)OC(=O)C1CSC(CO)C1. The Bertz CT molecular complexity index is 210.